The number of hydrogen-bond acceptors (Lipinski definition) is 2. The van der Waals surface area contributed by atoms with E-state index in [4.69, 9.17) is 0 Å². The van der Waals surface area contributed by atoms with Crippen molar-refractivity contribution in [3.05, 3.63) is 12.7 Å². The third kappa shape index (κ3) is 3.19. The highest BCUT2D eigenvalue weighted by molar-refractivity contribution is 5.81. The van der Waals surface area contributed by atoms with Crippen molar-refractivity contribution in [3.63, 3.8) is 0 Å². The van der Waals surface area contributed by atoms with Gasteiger partial charge in [0.25, 0.3) is 0 Å². The van der Waals surface area contributed by atoms with Gasteiger partial charge in [0.1, 0.15) is 0 Å². The zero-order valence-corrected chi connectivity index (χ0v) is 8.39. The Balaban J connectivity index is 2.25. The molecule has 1 unspecified atom stereocenters. The van der Waals surface area contributed by atoms with Gasteiger partial charge < -0.3 is 10.6 Å². The summed E-state index contributed by atoms with van der Waals surface area (Å²) in [5.74, 6) is 0.0491. The fraction of sp³-hybridized carbons (Fsp3) is 0.700. The largest absolute Gasteiger partial charge is 0.351 e. The van der Waals surface area contributed by atoms with E-state index in [-0.39, 0.29) is 17.5 Å². The Bertz CT molecular complexity index is 209. The van der Waals surface area contributed by atoms with E-state index in [1.165, 1.54) is 12.8 Å². The molecule has 0 saturated heterocycles. The van der Waals surface area contributed by atoms with Crippen LogP contribution in [0.1, 0.15) is 26.7 Å². The van der Waals surface area contributed by atoms with Crippen LogP contribution in [0.2, 0.25) is 0 Å². The minimum Gasteiger partial charge on any atom is -0.351 e. The number of carbonyl (C=O) groups excluding carboxylic acids is 1. The van der Waals surface area contributed by atoms with E-state index in [1.807, 2.05) is 6.92 Å². The molecule has 1 rings (SSSR count). The lowest BCUT2D eigenvalue weighted by Gasteiger charge is -2.18. The molecule has 0 spiro atoms. The van der Waals surface area contributed by atoms with Crippen molar-refractivity contribution in [2.24, 2.45) is 0 Å². The summed E-state index contributed by atoms with van der Waals surface area (Å²) in [4.78, 5) is 11.4. The van der Waals surface area contributed by atoms with Gasteiger partial charge in [-0.25, -0.2) is 0 Å². The first-order valence-electron chi connectivity index (χ1n) is 4.74. The monoisotopic (exact) mass is 182 g/mol. The Labute approximate surface area is 79.6 Å². The first kappa shape index (κ1) is 10.3. The molecule has 3 nitrogen and oxygen atoms in total. The SMILES string of the molecule is C=CCNC(=O)C(C)NC1(C)CC1. The molecule has 1 aliphatic rings. The summed E-state index contributed by atoms with van der Waals surface area (Å²) >= 11 is 0. The van der Waals surface area contributed by atoms with Gasteiger partial charge >= 0.3 is 0 Å². The molecule has 0 aromatic carbocycles. The number of carbonyl (C=O) groups is 1. The number of amides is 1. The fourth-order valence-electron chi connectivity index (χ4n) is 1.25. The lowest BCUT2D eigenvalue weighted by atomic mass is 10.2. The predicted molar refractivity (Wildman–Crippen MR) is 53.4 cm³/mol. The van der Waals surface area contributed by atoms with Crippen molar-refractivity contribution in [2.45, 2.75) is 38.3 Å². The molecule has 1 atom stereocenters. The quantitative estimate of drug-likeness (QED) is 0.618. The molecule has 1 saturated carbocycles. The number of rotatable bonds is 5. The van der Waals surface area contributed by atoms with Crippen molar-refractivity contribution >= 4 is 5.91 Å². The van der Waals surface area contributed by atoms with E-state index in [2.05, 4.69) is 24.1 Å². The maximum Gasteiger partial charge on any atom is 0.237 e. The molecule has 0 bridgehead atoms. The van der Waals surface area contributed by atoms with Crippen LogP contribution in [0.5, 0.6) is 0 Å². The van der Waals surface area contributed by atoms with Crippen molar-refractivity contribution in [3.8, 4) is 0 Å². The van der Waals surface area contributed by atoms with Gasteiger partial charge in [0, 0.05) is 12.1 Å². The van der Waals surface area contributed by atoms with Gasteiger partial charge in [0.05, 0.1) is 6.04 Å². The normalized spacial score (nSPS) is 20.5. The van der Waals surface area contributed by atoms with Crippen molar-refractivity contribution in [1.82, 2.24) is 10.6 Å². The van der Waals surface area contributed by atoms with Gasteiger partial charge in [-0.1, -0.05) is 6.08 Å². The topological polar surface area (TPSA) is 41.1 Å². The summed E-state index contributed by atoms with van der Waals surface area (Å²) in [6.07, 6.45) is 4.03. The van der Waals surface area contributed by atoms with E-state index >= 15 is 0 Å². The van der Waals surface area contributed by atoms with Crippen LogP contribution < -0.4 is 10.6 Å². The highest BCUT2D eigenvalue weighted by Gasteiger charge is 2.38. The minimum atomic E-state index is -0.104. The molecule has 74 valence electrons. The first-order chi connectivity index (χ1) is 6.07. The van der Waals surface area contributed by atoms with Crippen LogP contribution in [0, 0.1) is 0 Å². The van der Waals surface area contributed by atoms with Gasteiger partial charge in [-0.3, -0.25) is 4.79 Å². The molecule has 1 aliphatic carbocycles. The van der Waals surface area contributed by atoms with Crippen LogP contribution in [0.4, 0.5) is 0 Å². The van der Waals surface area contributed by atoms with Crippen LogP contribution in [-0.2, 0) is 4.79 Å². The lowest BCUT2D eigenvalue weighted by Crippen LogP contribution is -2.46. The third-order valence-corrected chi connectivity index (χ3v) is 2.38. The van der Waals surface area contributed by atoms with Gasteiger partial charge in [-0.05, 0) is 26.7 Å². The molecular formula is C10H18N2O. The summed E-state index contributed by atoms with van der Waals surface area (Å²) in [6.45, 7) is 8.12. The Hall–Kier alpha value is -0.830. The summed E-state index contributed by atoms with van der Waals surface area (Å²) < 4.78 is 0. The van der Waals surface area contributed by atoms with Crippen molar-refractivity contribution < 1.29 is 4.79 Å². The third-order valence-electron chi connectivity index (χ3n) is 2.38. The molecule has 0 aromatic heterocycles. The average Bonchev–Trinajstić information content (AvgIpc) is 2.79. The second-order valence-electron chi connectivity index (χ2n) is 3.96. The Kier molecular flexibility index (Phi) is 3.09. The molecule has 3 heteroatoms. The van der Waals surface area contributed by atoms with Crippen molar-refractivity contribution in [2.75, 3.05) is 6.54 Å². The first-order valence-corrected chi connectivity index (χ1v) is 4.74. The van der Waals surface area contributed by atoms with E-state index < -0.39 is 0 Å². The van der Waals surface area contributed by atoms with E-state index in [0.29, 0.717) is 6.54 Å². The van der Waals surface area contributed by atoms with Gasteiger partial charge in [0.2, 0.25) is 5.91 Å². The van der Waals surface area contributed by atoms with Gasteiger partial charge in [-0.2, -0.15) is 0 Å². The Morgan fingerprint density at radius 3 is 2.77 bits per heavy atom. The highest BCUT2D eigenvalue weighted by atomic mass is 16.2. The standard InChI is InChI=1S/C10H18N2O/c1-4-7-11-9(13)8(2)12-10(3)5-6-10/h4,8,12H,1,5-7H2,2-3H3,(H,11,13). The molecular weight excluding hydrogens is 164 g/mol. The average molecular weight is 182 g/mol. The molecule has 1 fully saturated rings. The summed E-state index contributed by atoms with van der Waals surface area (Å²) in [7, 11) is 0. The van der Waals surface area contributed by atoms with E-state index in [9.17, 15) is 4.79 Å². The second kappa shape index (κ2) is 3.92. The second-order valence-corrected chi connectivity index (χ2v) is 3.96. The van der Waals surface area contributed by atoms with Crippen LogP contribution in [0.15, 0.2) is 12.7 Å². The summed E-state index contributed by atoms with van der Waals surface area (Å²) in [5, 5.41) is 6.06. The molecule has 0 aliphatic heterocycles. The zero-order chi connectivity index (χ0) is 9.90. The molecule has 2 N–H and O–H groups in total. The van der Waals surface area contributed by atoms with Crippen LogP contribution >= 0.6 is 0 Å². The molecule has 0 heterocycles. The predicted octanol–water partition coefficient (Wildman–Crippen LogP) is 0.819. The zero-order valence-electron chi connectivity index (χ0n) is 8.39. The van der Waals surface area contributed by atoms with Gasteiger partial charge in [0.15, 0.2) is 0 Å². The van der Waals surface area contributed by atoms with Crippen LogP contribution in [0.25, 0.3) is 0 Å². The smallest absolute Gasteiger partial charge is 0.237 e. The van der Waals surface area contributed by atoms with Crippen LogP contribution in [-0.4, -0.2) is 24.0 Å². The van der Waals surface area contributed by atoms with Crippen LogP contribution in [0.3, 0.4) is 0 Å². The molecule has 13 heavy (non-hydrogen) atoms. The lowest BCUT2D eigenvalue weighted by molar-refractivity contribution is -0.122. The number of nitrogens with one attached hydrogen (secondary N) is 2. The van der Waals surface area contributed by atoms with E-state index in [0.717, 1.165) is 0 Å². The maximum atomic E-state index is 11.4. The molecule has 0 radical (unpaired) electrons. The maximum absolute atomic E-state index is 11.4. The van der Waals surface area contributed by atoms with Gasteiger partial charge in [-0.15, -0.1) is 6.58 Å². The minimum absolute atomic E-state index is 0.0491. The summed E-state index contributed by atoms with van der Waals surface area (Å²) in [6, 6.07) is -0.104. The Morgan fingerprint density at radius 1 is 1.69 bits per heavy atom. The fourth-order valence-corrected chi connectivity index (χ4v) is 1.25. The molecule has 1 amide bonds. The Morgan fingerprint density at radius 2 is 2.31 bits per heavy atom. The van der Waals surface area contributed by atoms with Crippen molar-refractivity contribution in [1.29, 1.82) is 0 Å². The van der Waals surface area contributed by atoms with E-state index in [1.54, 1.807) is 6.08 Å². The number of hydrogen-bond donors (Lipinski definition) is 2. The highest BCUT2D eigenvalue weighted by Crippen LogP contribution is 2.34. The summed E-state index contributed by atoms with van der Waals surface area (Å²) in [5.41, 5.74) is 0.213. The molecule has 0 aromatic rings.